The van der Waals surface area contributed by atoms with Crippen LogP contribution in [0.3, 0.4) is 0 Å². The summed E-state index contributed by atoms with van der Waals surface area (Å²) in [6, 6.07) is 0. The molecule has 21 heavy (non-hydrogen) atoms. The van der Waals surface area contributed by atoms with Gasteiger partial charge in [0.25, 0.3) is 0 Å². The van der Waals surface area contributed by atoms with Gasteiger partial charge in [0.2, 0.25) is 5.91 Å². The van der Waals surface area contributed by atoms with Crippen LogP contribution in [-0.4, -0.2) is 85.3 Å². The summed E-state index contributed by atoms with van der Waals surface area (Å²) in [6.45, 7) is 5.95. The first kappa shape index (κ1) is 16.2. The minimum atomic E-state index is -0.986. The molecule has 7 heteroatoms. The van der Waals surface area contributed by atoms with Crippen molar-refractivity contribution in [2.24, 2.45) is 0 Å². The minimum Gasteiger partial charge on any atom is -0.479 e. The van der Waals surface area contributed by atoms with Crippen LogP contribution in [0.2, 0.25) is 0 Å². The van der Waals surface area contributed by atoms with Gasteiger partial charge in [0.05, 0.1) is 0 Å². The van der Waals surface area contributed by atoms with Crippen LogP contribution >= 0.6 is 0 Å². The van der Waals surface area contributed by atoms with E-state index in [1.165, 1.54) is 0 Å². The number of ether oxygens (including phenoxy) is 1. The molecule has 2 aliphatic rings. The number of aliphatic carboxylic acids is 1. The lowest BCUT2D eigenvalue weighted by Gasteiger charge is -2.32. The third-order valence-electron chi connectivity index (χ3n) is 4.13. The van der Waals surface area contributed by atoms with E-state index in [1.807, 2.05) is 0 Å². The molecule has 2 aliphatic heterocycles. The van der Waals surface area contributed by atoms with Crippen molar-refractivity contribution in [3.63, 3.8) is 0 Å². The van der Waals surface area contributed by atoms with Gasteiger partial charge in [-0.3, -0.25) is 4.79 Å². The number of likely N-dealkylation sites (N-methyl/N-ethyl adjacent to an activating group) is 1. The number of nitrogens with zero attached hydrogens (tertiary/aromatic N) is 2. The number of nitrogens with one attached hydrogen (secondary N) is 1. The van der Waals surface area contributed by atoms with Gasteiger partial charge in [0.15, 0.2) is 6.10 Å². The van der Waals surface area contributed by atoms with Crippen molar-refractivity contribution in [2.75, 3.05) is 46.3 Å². The Morgan fingerprint density at radius 2 is 1.86 bits per heavy atom. The smallest absolute Gasteiger partial charge is 0.332 e. The van der Waals surface area contributed by atoms with Crippen LogP contribution in [-0.2, 0) is 14.3 Å². The summed E-state index contributed by atoms with van der Waals surface area (Å²) in [6.07, 6.45) is 0.376. The molecular weight excluding hydrogens is 274 g/mol. The van der Waals surface area contributed by atoms with E-state index >= 15 is 0 Å². The summed E-state index contributed by atoms with van der Waals surface area (Å²) >= 11 is 0. The molecular formula is C14H25N3O4. The Morgan fingerprint density at radius 1 is 1.19 bits per heavy atom. The summed E-state index contributed by atoms with van der Waals surface area (Å²) in [5.41, 5.74) is 0. The van der Waals surface area contributed by atoms with E-state index in [1.54, 1.807) is 0 Å². The van der Waals surface area contributed by atoms with Crippen LogP contribution in [0.15, 0.2) is 0 Å². The predicted molar refractivity (Wildman–Crippen MR) is 77.1 cm³/mol. The standard InChI is InChI=1S/C14H25N3O4/c1-16-7-9-17(10-8-16)6-2-5-15-13(18)11-3-4-12(21-11)14(19)20/h11-12H,2-10H2,1H3,(H,15,18)(H,19,20). The van der Waals surface area contributed by atoms with Crippen LogP contribution in [0.4, 0.5) is 0 Å². The molecule has 2 heterocycles. The molecule has 0 spiro atoms. The van der Waals surface area contributed by atoms with E-state index in [4.69, 9.17) is 9.84 Å². The first-order chi connectivity index (χ1) is 10.1. The number of carbonyl (C=O) groups is 2. The summed E-state index contributed by atoms with van der Waals surface area (Å²) in [4.78, 5) is 27.3. The van der Waals surface area contributed by atoms with Gasteiger partial charge in [-0.25, -0.2) is 4.79 Å². The fraction of sp³-hybridized carbons (Fsp3) is 0.857. The second-order valence-corrected chi connectivity index (χ2v) is 5.82. The fourth-order valence-corrected chi connectivity index (χ4v) is 2.71. The Kier molecular flexibility index (Phi) is 5.96. The number of carbonyl (C=O) groups excluding carboxylic acids is 1. The van der Waals surface area contributed by atoms with E-state index in [9.17, 15) is 9.59 Å². The minimum absolute atomic E-state index is 0.183. The molecule has 2 N–H and O–H groups in total. The number of hydrogen-bond acceptors (Lipinski definition) is 5. The average molecular weight is 299 g/mol. The Hall–Kier alpha value is -1.18. The second kappa shape index (κ2) is 7.72. The molecule has 2 fully saturated rings. The van der Waals surface area contributed by atoms with Gasteiger partial charge >= 0.3 is 5.97 Å². The van der Waals surface area contributed by atoms with Gasteiger partial charge in [0, 0.05) is 32.7 Å². The summed E-state index contributed by atoms with van der Waals surface area (Å²) < 4.78 is 5.22. The van der Waals surface area contributed by atoms with Gasteiger partial charge in [0.1, 0.15) is 6.10 Å². The van der Waals surface area contributed by atoms with Crippen molar-refractivity contribution in [3.8, 4) is 0 Å². The number of hydrogen-bond donors (Lipinski definition) is 2. The Labute approximate surface area is 125 Å². The molecule has 2 atom stereocenters. The topological polar surface area (TPSA) is 82.1 Å². The van der Waals surface area contributed by atoms with Crippen molar-refractivity contribution in [2.45, 2.75) is 31.5 Å². The first-order valence-corrected chi connectivity index (χ1v) is 7.63. The summed E-state index contributed by atoms with van der Waals surface area (Å²) in [7, 11) is 2.13. The van der Waals surface area contributed by atoms with Crippen LogP contribution < -0.4 is 5.32 Å². The zero-order chi connectivity index (χ0) is 15.2. The SMILES string of the molecule is CN1CCN(CCCNC(=O)C2CCC(C(=O)O)O2)CC1. The van der Waals surface area contributed by atoms with Gasteiger partial charge in [-0.05, 0) is 32.9 Å². The molecule has 0 aromatic carbocycles. The largest absolute Gasteiger partial charge is 0.479 e. The highest BCUT2D eigenvalue weighted by Gasteiger charge is 2.34. The van der Waals surface area contributed by atoms with Gasteiger partial charge in [-0.1, -0.05) is 0 Å². The number of rotatable bonds is 6. The van der Waals surface area contributed by atoms with Crippen molar-refractivity contribution in [3.05, 3.63) is 0 Å². The lowest BCUT2D eigenvalue weighted by Crippen LogP contribution is -2.45. The maximum absolute atomic E-state index is 11.9. The third kappa shape index (κ3) is 4.94. The normalized spacial score (nSPS) is 27.7. The molecule has 0 aliphatic carbocycles. The second-order valence-electron chi connectivity index (χ2n) is 5.82. The summed E-state index contributed by atoms with van der Waals surface area (Å²) in [5, 5.41) is 11.7. The monoisotopic (exact) mass is 299 g/mol. The van der Waals surface area contributed by atoms with Gasteiger partial charge in [-0.2, -0.15) is 0 Å². The first-order valence-electron chi connectivity index (χ1n) is 7.63. The Balaban J connectivity index is 1.56. The van der Waals surface area contributed by atoms with Gasteiger partial charge < -0.3 is 25.0 Å². The molecule has 0 saturated carbocycles. The quantitative estimate of drug-likeness (QED) is 0.636. The molecule has 120 valence electrons. The lowest BCUT2D eigenvalue weighted by atomic mass is 10.2. The van der Waals surface area contributed by atoms with E-state index in [0.717, 1.165) is 39.1 Å². The molecule has 0 aromatic heterocycles. The van der Waals surface area contributed by atoms with Crippen molar-refractivity contribution < 1.29 is 19.4 Å². The maximum atomic E-state index is 11.9. The molecule has 2 saturated heterocycles. The number of carboxylic acid groups (broad SMARTS) is 1. The van der Waals surface area contributed by atoms with E-state index < -0.39 is 18.2 Å². The fourth-order valence-electron chi connectivity index (χ4n) is 2.71. The molecule has 0 aromatic rings. The van der Waals surface area contributed by atoms with E-state index in [0.29, 0.717) is 19.4 Å². The van der Waals surface area contributed by atoms with Crippen LogP contribution in [0.5, 0.6) is 0 Å². The molecule has 7 nitrogen and oxygen atoms in total. The molecule has 2 rings (SSSR count). The molecule has 0 radical (unpaired) electrons. The van der Waals surface area contributed by atoms with Crippen LogP contribution in [0.25, 0.3) is 0 Å². The van der Waals surface area contributed by atoms with Crippen molar-refractivity contribution in [1.29, 1.82) is 0 Å². The van der Waals surface area contributed by atoms with Crippen LogP contribution in [0, 0.1) is 0 Å². The molecule has 0 bridgehead atoms. The number of carboxylic acids is 1. The highest BCUT2D eigenvalue weighted by Crippen LogP contribution is 2.19. The highest BCUT2D eigenvalue weighted by molar-refractivity contribution is 5.82. The zero-order valence-electron chi connectivity index (χ0n) is 12.6. The van der Waals surface area contributed by atoms with Crippen molar-refractivity contribution in [1.82, 2.24) is 15.1 Å². The van der Waals surface area contributed by atoms with E-state index in [-0.39, 0.29) is 5.91 Å². The number of piperazine rings is 1. The zero-order valence-corrected chi connectivity index (χ0v) is 12.6. The lowest BCUT2D eigenvalue weighted by molar-refractivity contribution is -0.151. The van der Waals surface area contributed by atoms with Crippen molar-refractivity contribution >= 4 is 11.9 Å². The molecule has 1 amide bonds. The number of amides is 1. The average Bonchev–Trinajstić information content (AvgIpc) is 2.95. The highest BCUT2D eigenvalue weighted by atomic mass is 16.5. The Bertz CT molecular complexity index is 369. The third-order valence-corrected chi connectivity index (χ3v) is 4.13. The van der Waals surface area contributed by atoms with Crippen LogP contribution in [0.1, 0.15) is 19.3 Å². The summed E-state index contributed by atoms with van der Waals surface area (Å²) in [5.74, 6) is -1.17. The predicted octanol–water partition coefficient (Wildman–Crippen LogP) is -0.628. The molecule has 2 unspecified atom stereocenters. The maximum Gasteiger partial charge on any atom is 0.332 e. The Morgan fingerprint density at radius 3 is 2.48 bits per heavy atom. The van der Waals surface area contributed by atoms with Gasteiger partial charge in [-0.15, -0.1) is 0 Å². The van der Waals surface area contributed by atoms with E-state index in [2.05, 4.69) is 22.2 Å².